The van der Waals surface area contributed by atoms with Gasteiger partial charge in [-0.25, -0.2) is 9.97 Å². The molecule has 8 aromatic rings. The van der Waals surface area contributed by atoms with Crippen LogP contribution in [0.3, 0.4) is 0 Å². The molecule has 0 atom stereocenters. The van der Waals surface area contributed by atoms with Gasteiger partial charge in [-0.3, -0.25) is 40.7 Å². The van der Waals surface area contributed by atoms with Crippen molar-refractivity contribution < 1.29 is 67.3 Å². The number of aromatic nitrogens is 6. The van der Waals surface area contributed by atoms with E-state index in [9.17, 15) is 14.7 Å². The number of aromatic hydroxyl groups is 1. The number of rotatable bonds is 11. The second kappa shape index (κ2) is 24.7. The molecule has 0 unspecified atom stereocenters. The normalized spacial score (nSPS) is 15.0. The first-order chi connectivity index (χ1) is 37.5. The van der Waals surface area contributed by atoms with E-state index in [2.05, 4.69) is 122 Å². The average Bonchev–Trinajstić information content (AvgIpc) is 4.15. The van der Waals surface area contributed by atoms with Crippen LogP contribution in [0.2, 0.25) is 0 Å². The number of carbonyl (C=O) groups is 2. The molecule has 6 aromatic heterocycles. The average molecular weight is 1150 g/mol. The Bertz CT molecular complexity index is 3680. The maximum atomic E-state index is 12.8. The number of hydrazine groups is 2. The summed E-state index contributed by atoms with van der Waals surface area (Å²) in [6.07, 6.45) is 4.15. The number of phenolic OH excluding ortho intramolecular Hbond substituents is 1. The number of amides is 2. The van der Waals surface area contributed by atoms with Crippen LogP contribution in [0.5, 0.6) is 34.9 Å². The number of anilines is 2. The van der Waals surface area contributed by atoms with Gasteiger partial charge in [0, 0.05) is 48.1 Å². The van der Waals surface area contributed by atoms with Gasteiger partial charge in [0.2, 0.25) is 0 Å². The monoisotopic (exact) mass is 1150 g/mol. The van der Waals surface area contributed by atoms with Crippen LogP contribution in [0.25, 0.3) is 22.1 Å². The Kier molecular flexibility index (Phi) is 19.4. The second-order valence-electron chi connectivity index (χ2n) is 23.7. The van der Waals surface area contributed by atoms with Gasteiger partial charge >= 0.3 is 41.4 Å². The van der Waals surface area contributed by atoms with Crippen LogP contribution >= 0.6 is 0 Å². The van der Waals surface area contributed by atoms with Crippen LogP contribution in [0.1, 0.15) is 172 Å². The third kappa shape index (κ3) is 12.8. The van der Waals surface area contributed by atoms with E-state index in [-0.39, 0.29) is 87.8 Å². The van der Waals surface area contributed by atoms with Gasteiger partial charge in [0.05, 0.1) is 18.5 Å². The summed E-state index contributed by atoms with van der Waals surface area (Å²) in [5, 5.41) is 22.2. The number of hydrogen-bond acceptors (Lipinski definition) is 15. The molecule has 82 heavy (non-hydrogen) atoms. The van der Waals surface area contributed by atoms with Crippen molar-refractivity contribution in [1.29, 1.82) is 0 Å². The van der Waals surface area contributed by atoms with Crippen LogP contribution in [0.15, 0.2) is 57.4 Å². The number of phenols is 1. The molecule has 0 radical (unpaired) electrons. The number of nitrogens with zero attached hydrogens (tertiary/aromatic N) is 6. The zero-order valence-electron chi connectivity index (χ0n) is 50.6. The summed E-state index contributed by atoms with van der Waals surface area (Å²) < 4.78 is 33.1. The molecule has 6 heterocycles. The molecule has 2 aromatic carbocycles. The van der Waals surface area contributed by atoms with E-state index in [0.717, 1.165) is 98.3 Å². The molecule has 0 aliphatic heterocycles. The van der Waals surface area contributed by atoms with Crippen molar-refractivity contribution in [2.75, 3.05) is 23.7 Å². The summed E-state index contributed by atoms with van der Waals surface area (Å²) in [6, 6.07) is 14.3. The number of pyridine rings is 2. The fraction of sp³-hybridized carbons (Fsp3) is 0.452. The maximum Gasteiger partial charge on any atom is 1.00 e. The van der Waals surface area contributed by atoms with Gasteiger partial charge in [-0.1, -0.05) is 81.9 Å². The smallest absolute Gasteiger partial charge is 0.793 e. The minimum Gasteiger partial charge on any atom is -0.793 e. The van der Waals surface area contributed by atoms with E-state index in [0.29, 0.717) is 28.9 Å². The molecule has 10 rings (SSSR count). The number of benzene rings is 2. The number of nitrogens with one attached hydrogen (secondary N) is 4. The third-order valence-corrected chi connectivity index (χ3v) is 15.6. The predicted molar refractivity (Wildman–Crippen MR) is 321 cm³/mol. The van der Waals surface area contributed by atoms with Crippen molar-refractivity contribution in [2.24, 2.45) is 14.1 Å². The van der Waals surface area contributed by atoms with E-state index < -0.39 is 11.8 Å². The molecule has 0 bridgehead atoms. The Morgan fingerprint density at radius 1 is 0.610 bits per heavy atom. The summed E-state index contributed by atoms with van der Waals surface area (Å²) in [5.74, 6) is 3.12. The summed E-state index contributed by atoms with van der Waals surface area (Å²) in [6.45, 7) is 31.4. The van der Waals surface area contributed by atoms with Gasteiger partial charge in [0.1, 0.15) is 11.6 Å². The van der Waals surface area contributed by atoms with Gasteiger partial charge in [-0.2, -0.15) is 16.0 Å². The third-order valence-electron chi connectivity index (χ3n) is 15.6. The maximum absolute atomic E-state index is 12.8. The Labute approximate surface area is 509 Å². The molecule has 0 saturated heterocycles. The van der Waals surface area contributed by atoms with Crippen LogP contribution < -0.4 is 65.5 Å². The molecular weight excluding hydrogens is 1070 g/mol. The van der Waals surface area contributed by atoms with Gasteiger partial charge in [0.15, 0.2) is 45.8 Å². The largest absolute Gasteiger partial charge is 1.00 e. The number of methoxy groups -OCH3 is 1. The number of fused-ring (bicyclic) bond motifs is 4. The fourth-order valence-corrected chi connectivity index (χ4v) is 11.2. The summed E-state index contributed by atoms with van der Waals surface area (Å²) >= 11 is 4.39. The Hall–Kier alpha value is -6.67. The van der Waals surface area contributed by atoms with Crippen molar-refractivity contribution in [1.82, 2.24) is 40.4 Å². The Morgan fingerprint density at radius 2 is 0.988 bits per heavy atom. The number of ether oxygens (including phenoxy) is 3. The van der Waals surface area contributed by atoms with Gasteiger partial charge < -0.3 is 40.8 Å². The standard InChI is InChI=1S/C30H37N5O4.C29H35N5O4.C2H6S.CH4.Na/c1-16-15-21(31-27-23(16)18(3)34-35(27)8)32-33-28(36)20-10-11-22(38-20)39-25-17(2)14-19-24(26(25)37-9)30(6,7)13-12-29(19,4)5;1-15-14-20(30-26-22(15)17(3)33-34(26)8)31-32-27(36)19-9-10-21(37-19)38-25-16(2)13-18-23(24(25)35)29(6,7)12-11-28(18,4)5;1-2-3;;/h10-11,14-15H,12-13H2,1-9H3,(H,31,32)(H,33,36);9-10,13-14,35H,11-12H2,1-8H3,(H,30,31)(H,32,36);3H,2H2,1H3;1H4;/q;;;;+1/p-1. The van der Waals surface area contributed by atoms with Gasteiger partial charge in [-0.05, 0) is 147 Å². The summed E-state index contributed by atoms with van der Waals surface area (Å²) in [4.78, 5) is 34.7. The van der Waals surface area contributed by atoms with Crippen molar-refractivity contribution >= 4 is 58.1 Å². The summed E-state index contributed by atoms with van der Waals surface area (Å²) in [7, 11) is 5.35. The zero-order valence-corrected chi connectivity index (χ0v) is 53.4. The fourth-order valence-electron chi connectivity index (χ4n) is 11.2. The second-order valence-corrected chi connectivity index (χ2v) is 24.2. The van der Waals surface area contributed by atoms with Crippen LogP contribution in [0.4, 0.5) is 11.6 Å². The van der Waals surface area contributed by atoms with Crippen LogP contribution in [0, 0.1) is 41.5 Å². The van der Waals surface area contributed by atoms with E-state index in [1.807, 2.05) is 74.7 Å². The van der Waals surface area contributed by atoms with Gasteiger partial charge in [0.25, 0.3) is 11.9 Å². The minimum atomic E-state index is -0.491. The minimum absolute atomic E-state index is 0. The zero-order chi connectivity index (χ0) is 58.6. The topological polar surface area (TPSA) is 218 Å². The molecule has 0 fully saturated rings. The molecule has 434 valence electrons. The van der Waals surface area contributed by atoms with Crippen LogP contribution in [-0.2, 0) is 48.4 Å². The molecule has 2 aliphatic rings. The Morgan fingerprint density at radius 3 is 1.41 bits per heavy atom. The van der Waals surface area contributed by atoms with Crippen molar-refractivity contribution in [3.8, 4) is 34.9 Å². The Balaban J connectivity index is 0.000000246. The molecule has 18 nitrogen and oxygen atoms in total. The first kappa shape index (κ1) is 64.5. The van der Waals surface area contributed by atoms with E-state index in [4.69, 9.17) is 23.0 Å². The number of hydrogen-bond donors (Lipinski definition) is 5. The van der Waals surface area contributed by atoms with Crippen molar-refractivity contribution in [2.45, 2.75) is 159 Å². The van der Waals surface area contributed by atoms with E-state index in [1.165, 1.54) is 17.2 Å². The summed E-state index contributed by atoms with van der Waals surface area (Å²) in [5.41, 5.74) is 22.3. The quantitative estimate of drug-likeness (QED) is 0.0462. The molecule has 5 N–H and O–H groups in total. The predicted octanol–water partition coefficient (Wildman–Crippen LogP) is 10.7. The molecule has 2 amide bonds. The molecule has 2 aliphatic carbocycles. The van der Waals surface area contributed by atoms with Crippen LogP contribution in [-0.4, -0.2) is 59.3 Å². The van der Waals surface area contributed by atoms with Crippen molar-refractivity contribution in [3.05, 3.63) is 116 Å². The first-order valence-corrected chi connectivity index (χ1v) is 27.6. The van der Waals surface area contributed by atoms with E-state index in [1.54, 1.807) is 34.7 Å². The number of carbonyl (C=O) groups excluding carboxylic acids is 2. The van der Waals surface area contributed by atoms with Gasteiger partial charge in [-0.15, -0.1) is 0 Å². The number of furan rings is 2. The van der Waals surface area contributed by atoms with Crippen molar-refractivity contribution in [3.63, 3.8) is 0 Å². The van der Waals surface area contributed by atoms with E-state index >= 15 is 0 Å². The SMILES string of the molecule is C.CC[S-].COc1c(Oc2ccc(C(=O)NNc3cc(C)c4c(C)nn(C)c4n3)o2)c(C)cc2c1C(C)(C)CCC2(C)C.Cc1cc2c(c(O)c1Oc1ccc(C(=O)NNc3cc(C)c4c(C)nn(C)c4n3)o1)C(C)(C)CCC2(C)C.[Na+]. The molecular formula is C62H81N10NaO8S. The first-order valence-electron chi connectivity index (χ1n) is 27.0. The molecule has 0 spiro atoms. The number of aryl methyl sites for hydroxylation is 8. The molecule has 20 heteroatoms. The molecule has 0 saturated carbocycles.